The molecule has 5 aromatic rings. The second-order valence-corrected chi connectivity index (χ2v) is 8.97. The van der Waals surface area contributed by atoms with E-state index in [0.29, 0.717) is 19.5 Å². The van der Waals surface area contributed by atoms with E-state index < -0.39 is 0 Å². The summed E-state index contributed by atoms with van der Waals surface area (Å²) in [6.45, 7) is 1.14. The summed E-state index contributed by atoms with van der Waals surface area (Å²) in [5, 5.41) is 2.03. The van der Waals surface area contributed by atoms with Crippen LogP contribution in [0.2, 0.25) is 0 Å². The van der Waals surface area contributed by atoms with E-state index in [1.165, 1.54) is 0 Å². The molecular weight excluding hydrogens is 442 g/mol. The van der Waals surface area contributed by atoms with Crippen LogP contribution in [-0.4, -0.2) is 27.3 Å². The van der Waals surface area contributed by atoms with E-state index >= 15 is 0 Å². The zero-order chi connectivity index (χ0) is 23.3. The van der Waals surface area contributed by atoms with Crippen molar-refractivity contribution in [2.24, 2.45) is 0 Å². The van der Waals surface area contributed by atoms with Crippen LogP contribution in [0.3, 0.4) is 0 Å². The SMILES string of the molecule is COc1ccc(-c2cn3c(CC(=O)N(Cc4ccccc4)Cc4ccccc4)csc3n2)cc1. The van der Waals surface area contributed by atoms with Gasteiger partial charge in [0.15, 0.2) is 4.96 Å². The molecule has 0 aliphatic heterocycles. The van der Waals surface area contributed by atoms with Gasteiger partial charge in [0.1, 0.15) is 5.75 Å². The number of hydrogen-bond donors (Lipinski definition) is 0. The molecule has 0 fully saturated rings. The second kappa shape index (κ2) is 9.93. The molecule has 0 bridgehead atoms. The van der Waals surface area contributed by atoms with Crippen LogP contribution >= 0.6 is 11.3 Å². The molecule has 34 heavy (non-hydrogen) atoms. The van der Waals surface area contributed by atoms with Gasteiger partial charge in [-0.3, -0.25) is 9.20 Å². The van der Waals surface area contributed by atoms with Gasteiger partial charge in [0.05, 0.1) is 19.2 Å². The molecule has 0 unspecified atom stereocenters. The fourth-order valence-electron chi connectivity index (χ4n) is 3.96. The van der Waals surface area contributed by atoms with Crippen molar-refractivity contribution in [1.82, 2.24) is 14.3 Å². The molecule has 170 valence electrons. The first-order valence-electron chi connectivity index (χ1n) is 11.1. The van der Waals surface area contributed by atoms with E-state index in [0.717, 1.165) is 38.8 Å². The third kappa shape index (κ3) is 4.87. The highest BCUT2D eigenvalue weighted by molar-refractivity contribution is 7.15. The van der Waals surface area contributed by atoms with E-state index in [4.69, 9.17) is 9.72 Å². The number of rotatable bonds is 8. The van der Waals surface area contributed by atoms with Crippen LogP contribution in [0.1, 0.15) is 16.8 Å². The lowest BCUT2D eigenvalue weighted by atomic mass is 10.1. The van der Waals surface area contributed by atoms with Crippen LogP contribution in [0.15, 0.2) is 96.5 Å². The van der Waals surface area contributed by atoms with Gasteiger partial charge in [0, 0.05) is 35.9 Å². The van der Waals surface area contributed by atoms with Crippen LogP contribution in [0, 0.1) is 0 Å². The Hall–Kier alpha value is -3.90. The highest BCUT2D eigenvalue weighted by Gasteiger charge is 2.18. The molecule has 6 heteroatoms. The monoisotopic (exact) mass is 467 g/mol. The third-order valence-electron chi connectivity index (χ3n) is 5.79. The van der Waals surface area contributed by atoms with E-state index in [9.17, 15) is 4.79 Å². The molecule has 2 heterocycles. The topological polar surface area (TPSA) is 46.8 Å². The summed E-state index contributed by atoms with van der Waals surface area (Å²) in [7, 11) is 1.66. The van der Waals surface area contributed by atoms with Gasteiger partial charge in [-0.1, -0.05) is 60.7 Å². The Morgan fingerprint density at radius 1 is 0.912 bits per heavy atom. The molecule has 0 saturated heterocycles. The molecule has 0 atom stereocenters. The number of methoxy groups -OCH3 is 1. The predicted molar refractivity (Wildman–Crippen MR) is 136 cm³/mol. The van der Waals surface area contributed by atoms with Gasteiger partial charge in [-0.25, -0.2) is 4.98 Å². The minimum Gasteiger partial charge on any atom is -0.497 e. The van der Waals surface area contributed by atoms with Crippen molar-refractivity contribution < 1.29 is 9.53 Å². The number of ether oxygens (including phenoxy) is 1. The van der Waals surface area contributed by atoms with E-state index in [2.05, 4.69) is 24.3 Å². The Bertz CT molecular complexity index is 1330. The first-order chi connectivity index (χ1) is 16.7. The smallest absolute Gasteiger partial charge is 0.229 e. The molecule has 0 saturated carbocycles. The average molecular weight is 468 g/mol. The number of aromatic nitrogens is 2. The maximum Gasteiger partial charge on any atom is 0.229 e. The lowest BCUT2D eigenvalue weighted by molar-refractivity contribution is -0.131. The maximum absolute atomic E-state index is 13.5. The Labute approximate surface area is 202 Å². The summed E-state index contributed by atoms with van der Waals surface area (Å²) in [6.07, 6.45) is 2.33. The highest BCUT2D eigenvalue weighted by atomic mass is 32.1. The zero-order valence-corrected chi connectivity index (χ0v) is 19.7. The van der Waals surface area contributed by atoms with Crippen LogP contribution in [0.5, 0.6) is 5.75 Å². The van der Waals surface area contributed by atoms with Gasteiger partial charge in [-0.2, -0.15) is 0 Å². The van der Waals surface area contributed by atoms with Crippen LogP contribution in [0.4, 0.5) is 0 Å². The molecule has 5 rings (SSSR count). The number of imidazole rings is 1. The normalized spacial score (nSPS) is 11.0. The molecule has 0 aliphatic carbocycles. The van der Waals surface area contributed by atoms with Gasteiger partial charge in [0.25, 0.3) is 0 Å². The number of carbonyl (C=O) groups excluding carboxylic acids is 1. The van der Waals surface area contributed by atoms with Crippen molar-refractivity contribution >= 4 is 22.2 Å². The third-order valence-corrected chi connectivity index (χ3v) is 6.68. The fraction of sp³-hybridized carbons (Fsp3) is 0.143. The van der Waals surface area contributed by atoms with Gasteiger partial charge >= 0.3 is 0 Å². The van der Waals surface area contributed by atoms with Crippen LogP contribution in [-0.2, 0) is 24.3 Å². The first kappa shape index (κ1) is 21.9. The molecular formula is C28H25N3O2S. The van der Waals surface area contributed by atoms with Crippen molar-refractivity contribution in [1.29, 1.82) is 0 Å². The Kier molecular flexibility index (Phi) is 6.40. The van der Waals surface area contributed by atoms with Gasteiger partial charge in [0.2, 0.25) is 5.91 Å². The largest absolute Gasteiger partial charge is 0.497 e. The molecule has 0 spiro atoms. The standard InChI is InChI=1S/C28H25N3O2S/c1-33-25-14-12-23(13-15-25)26-19-31-24(20-34-28(31)29-26)16-27(32)30(17-21-8-4-2-5-9-21)18-22-10-6-3-7-11-22/h2-15,19-20H,16-18H2,1H3. The quantitative estimate of drug-likeness (QED) is 0.288. The summed E-state index contributed by atoms with van der Waals surface area (Å²) >= 11 is 1.56. The van der Waals surface area contributed by atoms with Crippen molar-refractivity contribution in [3.63, 3.8) is 0 Å². The van der Waals surface area contributed by atoms with E-state index in [1.54, 1.807) is 18.4 Å². The van der Waals surface area contributed by atoms with Crippen molar-refractivity contribution in [2.45, 2.75) is 19.5 Å². The Morgan fingerprint density at radius 2 is 1.53 bits per heavy atom. The number of carbonyl (C=O) groups is 1. The minimum absolute atomic E-state index is 0.0899. The molecule has 3 aromatic carbocycles. The Morgan fingerprint density at radius 3 is 2.12 bits per heavy atom. The molecule has 0 radical (unpaired) electrons. The van der Waals surface area contributed by atoms with Crippen molar-refractivity contribution in [2.75, 3.05) is 7.11 Å². The summed E-state index contributed by atoms with van der Waals surface area (Å²) in [4.78, 5) is 21.1. The molecule has 5 nitrogen and oxygen atoms in total. The summed E-state index contributed by atoms with van der Waals surface area (Å²) < 4.78 is 7.29. The number of hydrogen-bond acceptors (Lipinski definition) is 4. The fourth-order valence-corrected chi connectivity index (χ4v) is 4.84. The van der Waals surface area contributed by atoms with Crippen LogP contribution < -0.4 is 4.74 Å². The second-order valence-electron chi connectivity index (χ2n) is 8.13. The number of amides is 1. The zero-order valence-electron chi connectivity index (χ0n) is 18.9. The van der Waals surface area contributed by atoms with Gasteiger partial charge in [-0.15, -0.1) is 11.3 Å². The number of nitrogens with zero attached hydrogens (tertiary/aromatic N) is 3. The number of benzene rings is 3. The van der Waals surface area contributed by atoms with Crippen molar-refractivity contribution in [3.8, 4) is 17.0 Å². The van der Waals surface area contributed by atoms with Crippen molar-refractivity contribution in [3.05, 3.63) is 113 Å². The summed E-state index contributed by atoms with van der Waals surface area (Å²) in [5.74, 6) is 0.903. The molecule has 2 aromatic heterocycles. The average Bonchev–Trinajstić information content (AvgIpc) is 3.47. The maximum atomic E-state index is 13.5. The molecule has 0 N–H and O–H groups in total. The summed E-state index contributed by atoms with van der Waals surface area (Å²) in [6, 6.07) is 28.1. The van der Waals surface area contributed by atoms with Crippen LogP contribution in [0.25, 0.3) is 16.2 Å². The first-order valence-corrected chi connectivity index (χ1v) is 12.0. The number of thiazole rings is 1. The predicted octanol–water partition coefficient (Wildman–Crippen LogP) is 5.84. The minimum atomic E-state index is 0.0899. The van der Waals surface area contributed by atoms with Gasteiger partial charge < -0.3 is 9.64 Å². The molecule has 0 aliphatic rings. The Balaban J connectivity index is 1.38. The molecule has 1 amide bonds. The van der Waals surface area contributed by atoms with E-state index in [-0.39, 0.29) is 5.91 Å². The summed E-state index contributed by atoms with van der Waals surface area (Å²) in [5.41, 5.74) is 5.08. The lowest BCUT2D eigenvalue weighted by Gasteiger charge is -2.23. The lowest BCUT2D eigenvalue weighted by Crippen LogP contribution is -2.31. The van der Waals surface area contributed by atoms with E-state index in [1.807, 2.05) is 81.5 Å². The number of fused-ring (bicyclic) bond motifs is 1. The highest BCUT2D eigenvalue weighted by Crippen LogP contribution is 2.26. The van der Waals surface area contributed by atoms with Gasteiger partial charge in [-0.05, 0) is 35.4 Å².